The third kappa shape index (κ3) is 1.74. The van der Waals surface area contributed by atoms with Crippen molar-refractivity contribution >= 4 is 17.8 Å². The van der Waals surface area contributed by atoms with Crippen LogP contribution in [-0.4, -0.2) is 33.3 Å². The van der Waals surface area contributed by atoms with Crippen LogP contribution >= 0.6 is 0 Å². The van der Waals surface area contributed by atoms with Crippen molar-refractivity contribution < 1.29 is 19.5 Å². The standard InChI is InChI=1S/C13H17NO4/c1-13(2,3)14-10(15)7-5-4-6-8(12(17)18)9(7)11(14)16/h4,6-9H,5H2,1-3H3,(H,17,18)/t7-,8+,9-/m1/s1. The predicted octanol–water partition coefficient (Wildman–Crippen LogP) is 1.05. The number of aliphatic carboxylic acids is 1. The van der Waals surface area contributed by atoms with Crippen LogP contribution < -0.4 is 0 Å². The Hall–Kier alpha value is -1.65. The van der Waals surface area contributed by atoms with Crippen molar-refractivity contribution in [1.29, 1.82) is 0 Å². The summed E-state index contributed by atoms with van der Waals surface area (Å²) in [6.45, 7) is 5.34. The van der Waals surface area contributed by atoms with Crippen LogP contribution in [0.4, 0.5) is 0 Å². The van der Waals surface area contributed by atoms with E-state index < -0.39 is 29.3 Å². The highest BCUT2D eigenvalue weighted by Crippen LogP contribution is 2.41. The molecule has 0 aromatic heterocycles. The number of amides is 2. The van der Waals surface area contributed by atoms with Gasteiger partial charge in [0.15, 0.2) is 0 Å². The van der Waals surface area contributed by atoms with Crippen LogP contribution in [0.5, 0.6) is 0 Å². The van der Waals surface area contributed by atoms with E-state index in [1.54, 1.807) is 26.8 Å². The first-order valence-electron chi connectivity index (χ1n) is 6.02. The Balaban J connectivity index is 2.41. The molecule has 18 heavy (non-hydrogen) atoms. The molecule has 1 fully saturated rings. The van der Waals surface area contributed by atoms with E-state index in [2.05, 4.69) is 0 Å². The molecule has 1 saturated heterocycles. The fraction of sp³-hybridized carbons (Fsp3) is 0.615. The molecule has 1 aliphatic heterocycles. The number of carboxylic acid groups (broad SMARTS) is 1. The molecular formula is C13H17NO4. The van der Waals surface area contributed by atoms with Gasteiger partial charge < -0.3 is 5.11 Å². The summed E-state index contributed by atoms with van der Waals surface area (Å²) in [5.74, 6) is -3.77. The van der Waals surface area contributed by atoms with Gasteiger partial charge in [0, 0.05) is 5.54 Å². The number of likely N-dealkylation sites (tertiary alicyclic amines) is 1. The SMILES string of the molecule is CC(C)(C)N1C(=O)[C@H]2[C@@H](C(=O)O)C=CC[C@H]2C1=O. The van der Waals surface area contributed by atoms with Crippen molar-refractivity contribution in [2.75, 3.05) is 0 Å². The maximum atomic E-state index is 12.3. The maximum Gasteiger partial charge on any atom is 0.311 e. The number of hydrogen-bond donors (Lipinski definition) is 1. The molecule has 2 amide bonds. The lowest BCUT2D eigenvalue weighted by Gasteiger charge is -2.30. The Morgan fingerprint density at radius 3 is 2.44 bits per heavy atom. The summed E-state index contributed by atoms with van der Waals surface area (Å²) in [4.78, 5) is 37.0. The molecule has 0 bridgehead atoms. The topological polar surface area (TPSA) is 74.7 Å². The van der Waals surface area contributed by atoms with E-state index >= 15 is 0 Å². The van der Waals surface area contributed by atoms with Crippen molar-refractivity contribution in [2.24, 2.45) is 17.8 Å². The van der Waals surface area contributed by atoms with Crippen LogP contribution in [0.15, 0.2) is 12.2 Å². The van der Waals surface area contributed by atoms with Crippen LogP contribution in [0.25, 0.3) is 0 Å². The number of rotatable bonds is 1. The molecule has 0 saturated carbocycles. The number of carbonyl (C=O) groups excluding carboxylic acids is 2. The number of imide groups is 1. The molecule has 1 N–H and O–H groups in total. The molecule has 5 nitrogen and oxygen atoms in total. The lowest BCUT2D eigenvalue weighted by atomic mass is 9.77. The minimum Gasteiger partial charge on any atom is -0.481 e. The third-order valence-corrected chi connectivity index (χ3v) is 3.55. The fourth-order valence-electron chi connectivity index (χ4n) is 2.79. The first-order valence-corrected chi connectivity index (χ1v) is 6.02. The molecule has 1 aliphatic carbocycles. The van der Waals surface area contributed by atoms with E-state index in [1.165, 1.54) is 11.0 Å². The zero-order chi connectivity index (χ0) is 13.7. The van der Waals surface area contributed by atoms with E-state index in [4.69, 9.17) is 5.11 Å². The average Bonchev–Trinajstić information content (AvgIpc) is 2.50. The lowest BCUT2D eigenvalue weighted by Crippen LogP contribution is -2.46. The van der Waals surface area contributed by atoms with Crippen molar-refractivity contribution in [3.05, 3.63) is 12.2 Å². The zero-order valence-electron chi connectivity index (χ0n) is 10.7. The molecule has 1 heterocycles. The van der Waals surface area contributed by atoms with Gasteiger partial charge in [-0.05, 0) is 27.2 Å². The molecule has 0 aromatic rings. The van der Waals surface area contributed by atoms with Gasteiger partial charge in [-0.3, -0.25) is 19.3 Å². The Morgan fingerprint density at radius 2 is 1.94 bits per heavy atom. The summed E-state index contributed by atoms with van der Waals surface area (Å²) in [6.07, 6.45) is 3.67. The highest BCUT2D eigenvalue weighted by molar-refractivity contribution is 6.07. The number of nitrogens with zero attached hydrogens (tertiary/aromatic N) is 1. The first-order chi connectivity index (χ1) is 8.25. The van der Waals surface area contributed by atoms with Gasteiger partial charge in [0.05, 0.1) is 17.8 Å². The van der Waals surface area contributed by atoms with Gasteiger partial charge in [-0.1, -0.05) is 12.2 Å². The average molecular weight is 251 g/mol. The highest BCUT2D eigenvalue weighted by Gasteiger charge is 2.55. The molecule has 98 valence electrons. The van der Waals surface area contributed by atoms with Crippen LogP contribution in [0.2, 0.25) is 0 Å². The van der Waals surface area contributed by atoms with Crippen molar-refractivity contribution in [1.82, 2.24) is 4.90 Å². The minimum atomic E-state index is -1.04. The number of carbonyl (C=O) groups is 3. The molecule has 3 atom stereocenters. The van der Waals surface area contributed by atoms with Crippen LogP contribution in [0.3, 0.4) is 0 Å². The maximum absolute atomic E-state index is 12.3. The third-order valence-electron chi connectivity index (χ3n) is 3.55. The van der Waals surface area contributed by atoms with Crippen molar-refractivity contribution in [3.63, 3.8) is 0 Å². The van der Waals surface area contributed by atoms with Gasteiger partial charge in [0.1, 0.15) is 0 Å². The molecule has 2 aliphatic rings. The Morgan fingerprint density at radius 1 is 1.33 bits per heavy atom. The Kier molecular flexibility index (Phi) is 2.80. The summed E-state index contributed by atoms with van der Waals surface area (Å²) < 4.78 is 0. The monoisotopic (exact) mass is 251 g/mol. The second-order valence-electron chi connectivity index (χ2n) is 5.84. The largest absolute Gasteiger partial charge is 0.481 e. The fourth-order valence-corrected chi connectivity index (χ4v) is 2.79. The van der Waals surface area contributed by atoms with Gasteiger partial charge in [-0.15, -0.1) is 0 Å². The smallest absolute Gasteiger partial charge is 0.311 e. The minimum absolute atomic E-state index is 0.242. The van der Waals surface area contributed by atoms with Crippen molar-refractivity contribution in [3.8, 4) is 0 Å². The van der Waals surface area contributed by atoms with E-state index in [9.17, 15) is 14.4 Å². The summed E-state index contributed by atoms with van der Waals surface area (Å²) in [6, 6.07) is 0. The van der Waals surface area contributed by atoms with Gasteiger partial charge in [-0.2, -0.15) is 0 Å². The molecule has 0 unspecified atom stereocenters. The summed E-state index contributed by atoms with van der Waals surface area (Å²) in [5.41, 5.74) is -0.603. The van der Waals surface area contributed by atoms with Gasteiger partial charge >= 0.3 is 5.97 Å². The number of allylic oxidation sites excluding steroid dienone is 1. The van der Waals surface area contributed by atoms with E-state index in [0.29, 0.717) is 6.42 Å². The van der Waals surface area contributed by atoms with Crippen molar-refractivity contribution in [2.45, 2.75) is 32.7 Å². The number of carboxylic acids is 1. The molecular weight excluding hydrogens is 234 g/mol. The second-order valence-corrected chi connectivity index (χ2v) is 5.84. The first kappa shape index (κ1) is 12.8. The highest BCUT2D eigenvalue weighted by atomic mass is 16.4. The molecule has 5 heteroatoms. The van der Waals surface area contributed by atoms with Crippen LogP contribution in [0.1, 0.15) is 27.2 Å². The van der Waals surface area contributed by atoms with E-state index in [0.717, 1.165) is 0 Å². The number of fused-ring (bicyclic) bond motifs is 1. The van der Waals surface area contributed by atoms with Gasteiger partial charge in [0.25, 0.3) is 0 Å². The molecule has 0 radical (unpaired) electrons. The predicted molar refractivity (Wildman–Crippen MR) is 63.5 cm³/mol. The number of hydrogen-bond acceptors (Lipinski definition) is 3. The molecule has 0 aromatic carbocycles. The normalized spacial score (nSPS) is 31.7. The van der Waals surface area contributed by atoms with Crippen LogP contribution in [-0.2, 0) is 14.4 Å². The van der Waals surface area contributed by atoms with Gasteiger partial charge in [0.2, 0.25) is 11.8 Å². The zero-order valence-corrected chi connectivity index (χ0v) is 10.7. The summed E-state index contributed by atoms with van der Waals surface area (Å²) in [5, 5.41) is 9.15. The van der Waals surface area contributed by atoms with Gasteiger partial charge in [-0.25, -0.2) is 0 Å². The van der Waals surface area contributed by atoms with E-state index in [-0.39, 0.29) is 11.8 Å². The summed E-state index contributed by atoms with van der Waals surface area (Å²) >= 11 is 0. The summed E-state index contributed by atoms with van der Waals surface area (Å²) in [7, 11) is 0. The second kappa shape index (κ2) is 3.93. The Labute approximate surface area is 105 Å². The lowest BCUT2D eigenvalue weighted by molar-refractivity contribution is -0.149. The molecule has 0 spiro atoms. The Bertz CT molecular complexity index is 446. The van der Waals surface area contributed by atoms with E-state index in [1.807, 2.05) is 0 Å². The molecule has 2 rings (SSSR count). The van der Waals surface area contributed by atoms with Crippen LogP contribution in [0, 0.1) is 17.8 Å². The quantitative estimate of drug-likeness (QED) is 0.558.